The van der Waals surface area contributed by atoms with Crippen LogP contribution in [0.15, 0.2) is 42.5 Å². The summed E-state index contributed by atoms with van der Waals surface area (Å²) >= 11 is 0. The van der Waals surface area contributed by atoms with Gasteiger partial charge in [-0.15, -0.1) is 0 Å². The molecule has 0 fully saturated rings. The zero-order valence-electron chi connectivity index (χ0n) is 10.6. The minimum atomic E-state index is -0.469. The molecule has 0 saturated heterocycles. The summed E-state index contributed by atoms with van der Waals surface area (Å²) in [7, 11) is 1.86. The van der Waals surface area contributed by atoms with Gasteiger partial charge in [0.1, 0.15) is 24.0 Å². The molecule has 0 unspecified atom stereocenters. The first-order chi connectivity index (χ1) is 9.19. The molecule has 0 heterocycles. The highest BCUT2D eigenvalue weighted by molar-refractivity contribution is 5.29. The van der Waals surface area contributed by atoms with Gasteiger partial charge >= 0.3 is 0 Å². The Hall–Kier alpha value is -1.94. The van der Waals surface area contributed by atoms with Crippen molar-refractivity contribution in [2.45, 2.75) is 13.2 Å². The molecule has 1 N–H and O–H groups in total. The first-order valence-corrected chi connectivity index (χ1v) is 5.99. The van der Waals surface area contributed by atoms with Gasteiger partial charge in [-0.3, -0.25) is 0 Å². The van der Waals surface area contributed by atoms with E-state index in [2.05, 4.69) is 5.32 Å². The Kier molecular flexibility index (Phi) is 4.47. The molecular formula is C15H15F2NO. The highest BCUT2D eigenvalue weighted by atomic mass is 19.1. The molecule has 0 bridgehead atoms. The average molecular weight is 263 g/mol. The van der Waals surface area contributed by atoms with Crippen molar-refractivity contribution in [3.05, 3.63) is 65.2 Å². The summed E-state index contributed by atoms with van der Waals surface area (Å²) < 4.78 is 31.9. The van der Waals surface area contributed by atoms with Crippen molar-refractivity contribution in [3.63, 3.8) is 0 Å². The van der Waals surface area contributed by atoms with Crippen LogP contribution in [0.25, 0.3) is 0 Å². The van der Waals surface area contributed by atoms with Crippen LogP contribution in [0, 0.1) is 11.6 Å². The zero-order valence-corrected chi connectivity index (χ0v) is 10.6. The van der Waals surface area contributed by atoms with E-state index in [1.807, 2.05) is 25.2 Å². The summed E-state index contributed by atoms with van der Waals surface area (Å²) in [4.78, 5) is 0. The summed E-state index contributed by atoms with van der Waals surface area (Å²) in [5, 5.41) is 3.04. The maximum atomic E-state index is 13.4. The summed E-state index contributed by atoms with van der Waals surface area (Å²) in [5.41, 5.74) is 1.28. The van der Waals surface area contributed by atoms with Gasteiger partial charge in [0.2, 0.25) is 0 Å². The second-order valence-electron chi connectivity index (χ2n) is 4.20. The predicted octanol–water partition coefficient (Wildman–Crippen LogP) is 3.26. The van der Waals surface area contributed by atoms with Gasteiger partial charge in [0.15, 0.2) is 0 Å². The monoisotopic (exact) mass is 263 g/mol. The van der Waals surface area contributed by atoms with E-state index < -0.39 is 11.6 Å². The Morgan fingerprint density at radius 1 is 1.11 bits per heavy atom. The third-order valence-electron chi connectivity index (χ3n) is 2.68. The molecule has 0 aromatic heterocycles. The molecule has 0 amide bonds. The normalized spacial score (nSPS) is 10.5. The van der Waals surface area contributed by atoms with Crippen LogP contribution in [0.4, 0.5) is 8.78 Å². The lowest BCUT2D eigenvalue weighted by atomic mass is 10.2. The number of ether oxygens (including phenoxy) is 1. The van der Waals surface area contributed by atoms with Crippen LogP contribution in [-0.2, 0) is 13.2 Å². The van der Waals surface area contributed by atoms with Gasteiger partial charge < -0.3 is 10.1 Å². The molecule has 2 aromatic rings. The SMILES string of the molecule is CNCc1cccc(OCc2cc(F)ccc2F)c1. The minimum absolute atomic E-state index is 0.00655. The average Bonchev–Trinajstić information content (AvgIpc) is 2.41. The summed E-state index contributed by atoms with van der Waals surface area (Å²) in [6.45, 7) is 0.734. The maximum absolute atomic E-state index is 13.4. The summed E-state index contributed by atoms with van der Waals surface area (Å²) in [6, 6.07) is 10.8. The van der Waals surface area contributed by atoms with E-state index in [1.54, 1.807) is 6.07 Å². The van der Waals surface area contributed by atoms with E-state index in [4.69, 9.17) is 4.74 Å². The molecule has 0 saturated carbocycles. The number of benzene rings is 2. The Balaban J connectivity index is 2.05. The molecule has 0 aliphatic carbocycles. The third-order valence-corrected chi connectivity index (χ3v) is 2.68. The van der Waals surface area contributed by atoms with Gasteiger partial charge in [0.05, 0.1) is 0 Å². The van der Waals surface area contributed by atoms with E-state index in [0.29, 0.717) is 5.75 Å². The van der Waals surface area contributed by atoms with Gasteiger partial charge in [0, 0.05) is 12.1 Å². The number of hydrogen-bond acceptors (Lipinski definition) is 2. The lowest BCUT2D eigenvalue weighted by molar-refractivity contribution is 0.298. The van der Waals surface area contributed by atoms with Crippen molar-refractivity contribution in [1.29, 1.82) is 0 Å². The van der Waals surface area contributed by atoms with Gasteiger partial charge in [-0.25, -0.2) is 8.78 Å². The Labute approximate surface area is 111 Å². The molecule has 0 radical (unpaired) electrons. The second kappa shape index (κ2) is 6.29. The molecule has 4 heteroatoms. The van der Waals surface area contributed by atoms with Crippen molar-refractivity contribution in [2.75, 3.05) is 7.05 Å². The third kappa shape index (κ3) is 3.76. The van der Waals surface area contributed by atoms with E-state index in [9.17, 15) is 8.78 Å². The van der Waals surface area contributed by atoms with E-state index in [-0.39, 0.29) is 12.2 Å². The highest BCUT2D eigenvalue weighted by Crippen LogP contribution is 2.17. The predicted molar refractivity (Wildman–Crippen MR) is 69.9 cm³/mol. The quantitative estimate of drug-likeness (QED) is 0.894. The van der Waals surface area contributed by atoms with Crippen molar-refractivity contribution < 1.29 is 13.5 Å². The van der Waals surface area contributed by atoms with Crippen LogP contribution < -0.4 is 10.1 Å². The fourth-order valence-corrected chi connectivity index (χ4v) is 1.76. The lowest BCUT2D eigenvalue weighted by Crippen LogP contribution is -2.05. The largest absolute Gasteiger partial charge is 0.489 e. The molecule has 0 aliphatic heterocycles. The highest BCUT2D eigenvalue weighted by Gasteiger charge is 2.05. The van der Waals surface area contributed by atoms with Crippen molar-refractivity contribution in [3.8, 4) is 5.75 Å². The summed E-state index contributed by atoms with van der Waals surface area (Å²) in [6.07, 6.45) is 0. The van der Waals surface area contributed by atoms with Gasteiger partial charge in [-0.2, -0.15) is 0 Å². The Morgan fingerprint density at radius 3 is 2.74 bits per heavy atom. The topological polar surface area (TPSA) is 21.3 Å². The number of nitrogens with one attached hydrogen (secondary N) is 1. The number of hydrogen-bond donors (Lipinski definition) is 1. The minimum Gasteiger partial charge on any atom is -0.489 e. The van der Waals surface area contributed by atoms with Crippen LogP contribution >= 0.6 is 0 Å². The molecular weight excluding hydrogens is 248 g/mol. The van der Waals surface area contributed by atoms with Crippen molar-refractivity contribution in [2.24, 2.45) is 0 Å². The first-order valence-electron chi connectivity index (χ1n) is 5.99. The van der Waals surface area contributed by atoms with E-state index >= 15 is 0 Å². The maximum Gasteiger partial charge on any atom is 0.130 e. The van der Waals surface area contributed by atoms with Crippen LogP contribution in [-0.4, -0.2) is 7.05 Å². The molecule has 100 valence electrons. The van der Waals surface area contributed by atoms with Gasteiger partial charge in [-0.05, 0) is 42.9 Å². The van der Waals surface area contributed by atoms with E-state index in [1.165, 1.54) is 0 Å². The second-order valence-corrected chi connectivity index (χ2v) is 4.20. The molecule has 2 nitrogen and oxygen atoms in total. The Bertz CT molecular complexity index is 558. The van der Waals surface area contributed by atoms with Crippen LogP contribution in [0.3, 0.4) is 0 Å². The van der Waals surface area contributed by atoms with Gasteiger partial charge in [-0.1, -0.05) is 12.1 Å². The van der Waals surface area contributed by atoms with Crippen LogP contribution in [0.2, 0.25) is 0 Å². The molecule has 0 spiro atoms. The first kappa shape index (κ1) is 13.5. The molecule has 0 aliphatic rings. The zero-order chi connectivity index (χ0) is 13.7. The molecule has 2 aromatic carbocycles. The van der Waals surface area contributed by atoms with E-state index in [0.717, 1.165) is 30.3 Å². The molecule has 19 heavy (non-hydrogen) atoms. The molecule has 2 rings (SSSR count). The van der Waals surface area contributed by atoms with Crippen LogP contribution in [0.1, 0.15) is 11.1 Å². The smallest absolute Gasteiger partial charge is 0.130 e. The van der Waals surface area contributed by atoms with Gasteiger partial charge in [0.25, 0.3) is 0 Å². The van der Waals surface area contributed by atoms with Crippen molar-refractivity contribution in [1.82, 2.24) is 5.32 Å². The molecule has 0 atom stereocenters. The Morgan fingerprint density at radius 2 is 1.95 bits per heavy atom. The fraction of sp³-hybridized carbons (Fsp3) is 0.200. The number of rotatable bonds is 5. The fourth-order valence-electron chi connectivity index (χ4n) is 1.76. The summed E-state index contributed by atoms with van der Waals surface area (Å²) in [5.74, 6) is -0.298. The number of halogens is 2. The van der Waals surface area contributed by atoms with Crippen molar-refractivity contribution >= 4 is 0 Å². The van der Waals surface area contributed by atoms with Crippen LogP contribution in [0.5, 0.6) is 5.75 Å². The standard InChI is InChI=1S/C15H15F2NO/c1-18-9-11-3-2-4-14(7-11)19-10-12-8-13(16)5-6-15(12)17/h2-8,18H,9-10H2,1H3. The lowest BCUT2D eigenvalue weighted by Gasteiger charge is -2.09.